The number of carbonyl (C=O) groups excluding carboxylic acids is 5. The first kappa shape index (κ1) is 39.6. The first-order valence-corrected chi connectivity index (χ1v) is 18.6. The number of aryl methyl sites for hydroxylation is 2. The molecule has 13 nitrogen and oxygen atoms in total. The van der Waals surface area contributed by atoms with Crippen LogP contribution in [-0.4, -0.2) is 63.6 Å². The molecule has 288 valence electrons. The minimum Gasteiger partial charge on any atom is -0.481 e. The van der Waals surface area contributed by atoms with Crippen molar-refractivity contribution in [1.82, 2.24) is 15.6 Å². The molecule has 0 spiro atoms. The number of para-hydroxylation sites is 2. The molecule has 1 aliphatic carbocycles. The Morgan fingerprint density at radius 3 is 2.04 bits per heavy atom. The highest BCUT2D eigenvalue weighted by atomic mass is 35.5. The topological polar surface area (TPSA) is 188 Å². The Morgan fingerprint density at radius 2 is 1.41 bits per heavy atom. The number of ketones is 1. The Bertz CT molecular complexity index is 2280. The maximum atomic E-state index is 14.5. The van der Waals surface area contributed by atoms with Gasteiger partial charge in [-0.2, -0.15) is 0 Å². The second-order valence-corrected chi connectivity index (χ2v) is 14.2. The van der Waals surface area contributed by atoms with Crippen molar-refractivity contribution in [1.29, 1.82) is 0 Å². The van der Waals surface area contributed by atoms with E-state index in [1.54, 1.807) is 24.3 Å². The summed E-state index contributed by atoms with van der Waals surface area (Å²) in [4.78, 5) is 85.4. The molecule has 5 aromatic rings. The highest BCUT2D eigenvalue weighted by Crippen LogP contribution is 2.40. The number of oxazole rings is 1. The average molecular weight is 799 g/mol. The van der Waals surface area contributed by atoms with Crippen LogP contribution in [-0.2, 0) is 36.8 Å². The number of fused-ring (bicyclic) bond motifs is 1. The number of rotatable bonds is 17. The molecule has 1 aromatic heterocycles. The van der Waals surface area contributed by atoms with Gasteiger partial charge in [0.1, 0.15) is 23.6 Å². The minimum absolute atomic E-state index is 0.0413. The molecule has 4 N–H and O–H groups in total. The second-order valence-electron chi connectivity index (χ2n) is 13.4. The average Bonchev–Trinajstić information content (AvgIpc) is 3.83. The lowest BCUT2D eigenvalue weighted by Crippen LogP contribution is -2.54. The number of aliphatic carboxylic acids is 1. The third-order valence-electron chi connectivity index (χ3n) is 9.17. The molecule has 4 aromatic carbocycles. The minimum atomic E-state index is -1.67. The SMILES string of the molecule is O=C(O)C[C@H](NC(=O)CN(C(=O)C1(NC(=O)CCc2ccccc2)CC1)c1ccccc1NC(=O)CCc1ccccc1)C(=O)c1nc2cc(Cl)cc(Cl)c2o1. The monoisotopic (exact) mass is 797 g/mol. The van der Waals surface area contributed by atoms with Gasteiger partial charge in [0, 0.05) is 17.9 Å². The number of carboxylic acids is 1. The van der Waals surface area contributed by atoms with Crippen LogP contribution in [0.4, 0.5) is 11.4 Å². The fraction of sp³-hybridized carbons (Fsp3) is 0.244. The van der Waals surface area contributed by atoms with Gasteiger partial charge < -0.3 is 25.5 Å². The van der Waals surface area contributed by atoms with Gasteiger partial charge in [-0.1, -0.05) is 96.0 Å². The molecule has 0 radical (unpaired) electrons. The molecule has 6 rings (SSSR count). The van der Waals surface area contributed by atoms with E-state index in [9.17, 15) is 33.9 Å². The van der Waals surface area contributed by atoms with Gasteiger partial charge in [0.15, 0.2) is 5.58 Å². The van der Waals surface area contributed by atoms with E-state index in [1.807, 2.05) is 60.7 Å². The zero-order valence-corrected chi connectivity index (χ0v) is 31.4. The number of halogens is 2. The van der Waals surface area contributed by atoms with Crippen molar-refractivity contribution >= 4 is 81.1 Å². The molecule has 1 fully saturated rings. The van der Waals surface area contributed by atoms with Crippen LogP contribution >= 0.6 is 23.2 Å². The van der Waals surface area contributed by atoms with E-state index in [2.05, 4.69) is 20.9 Å². The van der Waals surface area contributed by atoms with Gasteiger partial charge in [0.2, 0.25) is 23.5 Å². The number of hydrogen-bond acceptors (Lipinski definition) is 8. The molecule has 0 unspecified atom stereocenters. The fourth-order valence-corrected chi connectivity index (χ4v) is 6.71. The van der Waals surface area contributed by atoms with Crippen molar-refractivity contribution in [2.24, 2.45) is 0 Å². The van der Waals surface area contributed by atoms with Gasteiger partial charge in [-0.25, -0.2) is 4.98 Å². The van der Waals surface area contributed by atoms with Gasteiger partial charge in [0.25, 0.3) is 11.8 Å². The third kappa shape index (κ3) is 9.97. The molecule has 1 saturated carbocycles. The number of nitrogens with zero attached hydrogens (tertiary/aromatic N) is 2. The maximum Gasteiger partial charge on any atom is 0.305 e. The summed E-state index contributed by atoms with van der Waals surface area (Å²) in [6.07, 6.45) is 0.866. The van der Waals surface area contributed by atoms with Crippen molar-refractivity contribution in [3.05, 3.63) is 124 Å². The van der Waals surface area contributed by atoms with Gasteiger partial charge in [-0.3, -0.25) is 33.7 Å². The largest absolute Gasteiger partial charge is 0.481 e. The Hall–Kier alpha value is -6.05. The van der Waals surface area contributed by atoms with E-state index in [1.165, 1.54) is 12.1 Å². The summed E-state index contributed by atoms with van der Waals surface area (Å²) >= 11 is 12.3. The number of anilines is 2. The highest BCUT2D eigenvalue weighted by molar-refractivity contribution is 6.38. The molecule has 0 bridgehead atoms. The van der Waals surface area contributed by atoms with Gasteiger partial charge in [-0.05, 0) is 61.1 Å². The fourth-order valence-electron chi connectivity index (χ4n) is 6.19. The molecule has 4 amide bonds. The number of carboxylic acid groups (broad SMARTS) is 1. The van der Waals surface area contributed by atoms with E-state index in [4.69, 9.17) is 27.6 Å². The lowest BCUT2D eigenvalue weighted by molar-refractivity contribution is -0.137. The molecule has 56 heavy (non-hydrogen) atoms. The molecule has 1 aliphatic rings. The van der Waals surface area contributed by atoms with Crippen molar-refractivity contribution in [3.8, 4) is 0 Å². The van der Waals surface area contributed by atoms with E-state index >= 15 is 0 Å². The Kier molecular flexibility index (Phi) is 12.5. The summed E-state index contributed by atoms with van der Waals surface area (Å²) in [7, 11) is 0. The summed E-state index contributed by atoms with van der Waals surface area (Å²) in [5.41, 5.74) is 1.12. The first-order chi connectivity index (χ1) is 26.9. The number of hydrogen-bond donors (Lipinski definition) is 4. The zero-order chi connectivity index (χ0) is 39.8. The van der Waals surface area contributed by atoms with Crippen LogP contribution in [0, 0.1) is 0 Å². The Balaban J connectivity index is 1.25. The van der Waals surface area contributed by atoms with Gasteiger partial charge in [0.05, 0.1) is 22.8 Å². The summed E-state index contributed by atoms with van der Waals surface area (Å²) in [6, 6.07) is 26.3. The van der Waals surface area contributed by atoms with E-state index in [0.29, 0.717) is 12.8 Å². The van der Waals surface area contributed by atoms with Crippen LogP contribution < -0.4 is 20.9 Å². The van der Waals surface area contributed by atoms with Crippen LogP contribution in [0.15, 0.2) is 101 Å². The molecule has 1 heterocycles. The predicted octanol–water partition coefficient (Wildman–Crippen LogP) is 6.16. The molecule has 1 atom stereocenters. The van der Waals surface area contributed by atoms with Crippen molar-refractivity contribution < 1.29 is 38.3 Å². The maximum absolute atomic E-state index is 14.5. The van der Waals surface area contributed by atoms with Crippen LogP contribution in [0.5, 0.6) is 0 Å². The summed E-state index contributed by atoms with van der Waals surface area (Å²) < 4.78 is 5.55. The predicted molar refractivity (Wildman–Crippen MR) is 210 cm³/mol. The number of carbonyl (C=O) groups is 6. The number of Topliss-reactive ketones (excluding diaryl/α,β-unsaturated/α-hetero) is 1. The van der Waals surface area contributed by atoms with Gasteiger partial charge >= 0.3 is 5.97 Å². The van der Waals surface area contributed by atoms with Crippen LogP contribution in [0.25, 0.3) is 11.1 Å². The zero-order valence-electron chi connectivity index (χ0n) is 29.9. The van der Waals surface area contributed by atoms with Crippen LogP contribution in [0.3, 0.4) is 0 Å². The lowest BCUT2D eigenvalue weighted by atomic mass is 10.1. The summed E-state index contributed by atoms with van der Waals surface area (Å²) in [5.74, 6) is -5.13. The van der Waals surface area contributed by atoms with Crippen LogP contribution in [0.1, 0.15) is 53.9 Å². The second kappa shape index (κ2) is 17.6. The third-order valence-corrected chi connectivity index (χ3v) is 9.67. The molecule has 0 saturated heterocycles. The number of benzene rings is 4. The number of amides is 4. The van der Waals surface area contributed by atoms with Gasteiger partial charge in [-0.15, -0.1) is 0 Å². The summed E-state index contributed by atoms with van der Waals surface area (Å²) in [5, 5.41) is 18.1. The smallest absolute Gasteiger partial charge is 0.305 e. The quantitative estimate of drug-likeness (QED) is 0.0799. The summed E-state index contributed by atoms with van der Waals surface area (Å²) in [6.45, 7) is -0.713. The molecular weight excluding hydrogens is 761 g/mol. The first-order valence-electron chi connectivity index (χ1n) is 17.8. The van der Waals surface area contributed by atoms with Crippen LogP contribution in [0.2, 0.25) is 10.0 Å². The van der Waals surface area contributed by atoms with E-state index in [-0.39, 0.29) is 70.0 Å². The standard InChI is InChI=1S/C41H37Cl2N5O8/c42-27-21-28(43)38-31(22-27)46-39(56-38)37(54)30(23-36(52)53)45-35(51)24-48(40(55)41(19-20-41)47-34(50)18-16-26-11-5-2-6-12-26)32-14-8-7-13-29(32)44-33(49)17-15-25-9-3-1-4-10-25/h1-14,21-22,30H,15-20,23-24H2,(H,44,49)(H,45,51)(H,47,50)(H,52,53)/t30-/m0/s1. The number of nitrogens with one attached hydrogen (secondary N) is 3. The highest BCUT2D eigenvalue weighted by Gasteiger charge is 2.53. The van der Waals surface area contributed by atoms with Crippen molar-refractivity contribution in [2.75, 3.05) is 16.8 Å². The van der Waals surface area contributed by atoms with E-state index < -0.39 is 54.0 Å². The Morgan fingerprint density at radius 1 is 0.804 bits per heavy atom. The molecule has 0 aliphatic heterocycles. The molecular formula is C41H37Cl2N5O8. The van der Waals surface area contributed by atoms with Crippen molar-refractivity contribution in [3.63, 3.8) is 0 Å². The normalized spacial score (nSPS) is 13.3. The lowest BCUT2D eigenvalue weighted by Gasteiger charge is -2.30. The van der Waals surface area contributed by atoms with Crippen molar-refractivity contribution in [2.45, 2.75) is 56.5 Å². The van der Waals surface area contributed by atoms with E-state index in [0.717, 1.165) is 16.0 Å². The number of aromatic nitrogens is 1. The Labute approximate surface area is 331 Å². The molecule has 15 heteroatoms.